The van der Waals surface area contributed by atoms with Gasteiger partial charge in [0.05, 0.1) is 5.69 Å². The van der Waals surface area contributed by atoms with Gasteiger partial charge < -0.3 is 5.32 Å². The van der Waals surface area contributed by atoms with Gasteiger partial charge in [-0.3, -0.25) is 0 Å². The molecule has 1 heterocycles. The first-order valence-electron chi connectivity index (χ1n) is 6.58. The largest absolute Gasteiger partial charge is 0.310 e. The summed E-state index contributed by atoms with van der Waals surface area (Å²) in [6, 6.07) is 0. The molecule has 3 heteroatoms. The van der Waals surface area contributed by atoms with E-state index < -0.39 is 0 Å². The Bertz CT molecular complexity index is 294. The van der Waals surface area contributed by atoms with Crippen molar-refractivity contribution in [2.24, 2.45) is 0 Å². The Morgan fingerprint density at radius 1 is 1.19 bits per heavy atom. The van der Waals surface area contributed by atoms with E-state index in [1.807, 2.05) is 11.3 Å². The van der Waals surface area contributed by atoms with Crippen LogP contribution in [0, 0.1) is 0 Å². The smallest absolute Gasteiger partial charge is 0.107 e. The molecule has 0 spiro atoms. The molecule has 0 radical (unpaired) electrons. The fourth-order valence-electron chi connectivity index (χ4n) is 2.21. The summed E-state index contributed by atoms with van der Waals surface area (Å²) in [4.78, 5) is 6.34. The SMILES string of the molecule is CCCNCc1nc2c(s1)CCCCCC2. The van der Waals surface area contributed by atoms with Gasteiger partial charge in [0.2, 0.25) is 0 Å². The first kappa shape index (κ1) is 12.1. The molecule has 0 aromatic carbocycles. The summed E-state index contributed by atoms with van der Waals surface area (Å²) in [6.07, 6.45) is 9.15. The molecule has 1 aromatic rings. The van der Waals surface area contributed by atoms with Gasteiger partial charge in [0, 0.05) is 11.4 Å². The third kappa shape index (κ3) is 3.29. The number of rotatable bonds is 4. The molecule has 0 amide bonds. The summed E-state index contributed by atoms with van der Waals surface area (Å²) >= 11 is 1.93. The number of aryl methyl sites for hydroxylation is 2. The molecule has 0 aliphatic heterocycles. The molecular formula is C13H22N2S. The number of aromatic nitrogens is 1. The molecule has 2 nitrogen and oxygen atoms in total. The van der Waals surface area contributed by atoms with Crippen LogP contribution in [0.4, 0.5) is 0 Å². The minimum atomic E-state index is 0.964. The van der Waals surface area contributed by atoms with Crippen molar-refractivity contribution >= 4 is 11.3 Å². The average Bonchev–Trinajstić information content (AvgIpc) is 2.61. The summed E-state index contributed by atoms with van der Waals surface area (Å²) in [5.74, 6) is 0. The lowest BCUT2D eigenvalue weighted by Crippen LogP contribution is -2.13. The maximum atomic E-state index is 4.78. The Labute approximate surface area is 102 Å². The highest BCUT2D eigenvalue weighted by Crippen LogP contribution is 2.25. The van der Waals surface area contributed by atoms with Crippen LogP contribution in [0.15, 0.2) is 0 Å². The second-order valence-corrected chi connectivity index (χ2v) is 5.74. The summed E-state index contributed by atoms with van der Waals surface area (Å²) < 4.78 is 0. The monoisotopic (exact) mass is 238 g/mol. The number of hydrogen-bond donors (Lipinski definition) is 1. The van der Waals surface area contributed by atoms with Gasteiger partial charge in [-0.15, -0.1) is 11.3 Å². The van der Waals surface area contributed by atoms with Crippen LogP contribution in [-0.4, -0.2) is 11.5 Å². The standard InChI is InChI=1S/C13H22N2S/c1-2-9-14-10-13-15-11-7-5-3-4-6-8-12(11)16-13/h14H,2-10H2,1H3. The van der Waals surface area contributed by atoms with Gasteiger partial charge in [-0.2, -0.15) is 0 Å². The zero-order chi connectivity index (χ0) is 11.2. The number of nitrogens with one attached hydrogen (secondary N) is 1. The Morgan fingerprint density at radius 2 is 2.00 bits per heavy atom. The van der Waals surface area contributed by atoms with Crippen molar-refractivity contribution in [3.8, 4) is 0 Å². The van der Waals surface area contributed by atoms with Gasteiger partial charge in [0.1, 0.15) is 5.01 Å². The van der Waals surface area contributed by atoms with E-state index in [1.165, 1.54) is 55.6 Å². The van der Waals surface area contributed by atoms with Crippen molar-refractivity contribution in [1.82, 2.24) is 10.3 Å². The third-order valence-electron chi connectivity index (χ3n) is 3.09. The van der Waals surface area contributed by atoms with Crippen LogP contribution in [0.3, 0.4) is 0 Å². The van der Waals surface area contributed by atoms with E-state index in [9.17, 15) is 0 Å². The lowest BCUT2D eigenvalue weighted by molar-refractivity contribution is 0.613. The van der Waals surface area contributed by atoms with E-state index in [1.54, 1.807) is 4.88 Å². The van der Waals surface area contributed by atoms with Crippen molar-refractivity contribution < 1.29 is 0 Å². The molecule has 16 heavy (non-hydrogen) atoms. The summed E-state index contributed by atoms with van der Waals surface area (Å²) in [7, 11) is 0. The molecular weight excluding hydrogens is 216 g/mol. The molecule has 1 aliphatic carbocycles. The van der Waals surface area contributed by atoms with Crippen LogP contribution in [0.1, 0.15) is 54.6 Å². The highest BCUT2D eigenvalue weighted by molar-refractivity contribution is 7.11. The molecule has 90 valence electrons. The number of nitrogens with zero attached hydrogens (tertiary/aromatic N) is 1. The van der Waals surface area contributed by atoms with Gasteiger partial charge in [-0.1, -0.05) is 19.8 Å². The van der Waals surface area contributed by atoms with E-state index in [-0.39, 0.29) is 0 Å². The second kappa shape index (κ2) is 6.36. The molecule has 0 unspecified atom stereocenters. The van der Waals surface area contributed by atoms with E-state index >= 15 is 0 Å². The van der Waals surface area contributed by atoms with Crippen LogP contribution >= 0.6 is 11.3 Å². The zero-order valence-corrected chi connectivity index (χ0v) is 11.0. The predicted molar refractivity (Wildman–Crippen MR) is 70.0 cm³/mol. The molecule has 1 N–H and O–H groups in total. The fraction of sp³-hybridized carbons (Fsp3) is 0.769. The predicted octanol–water partition coefficient (Wildman–Crippen LogP) is 3.30. The third-order valence-corrected chi connectivity index (χ3v) is 4.25. The first-order valence-corrected chi connectivity index (χ1v) is 7.40. The minimum absolute atomic E-state index is 0.964. The van der Waals surface area contributed by atoms with Gasteiger partial charge >= 0.3 is 0 Å². The maximum Gasteiger partial charge on any atom is 0.107 e. The topological polar surface area (TPSA) is 24.9 Å². The molecule has 1 aliphatic rings. The maximum absolute atomic E-state index is 4.78. The van der Waals surface area contributed by atoms with Gasteiger partial charge in [0.25, 0.3) is 0 Å². The van der Waals surface area contributed by atoms with E-state index in [0.717, 1.165) is 13.1 Å². The Hall–Kier alpha value is -0.410. The van der Waals surface area contributed by atoms with Crippen LogP contribution in [0.2, 0.25) is 0 Å². The van der Waals surface area contributed by atoms with E-state index in [0.29, 0.717) is 0 Å². The molecule has 0 bridgehead atoms. The van der Waals surface area contributed by atoms with Crippen molar-refractivity contribution in [1.29, 1.82) is 0 Å². The molecule has 0 saturated heterocycles. The zero-order valence-electron chi connectivity index (χ0n) is 10.2. The molecule has 0 saturated carbocycles. The Kier molecular flexibility index (Phi) is 4.79. The summed E-state index contributed by atoms with van der Waals surface area (Å²) in [6.45, 7) is 4.27. The Balaban J connectivity index is 1.97. The quantitative estimate of drug-likeness (QED) is 0.814. The highest BCUT2D eigenvalue weighted by atomic mass is 32.1. The van der Waals surface area contributed by atoms with Crippen molar-refractivity contribution in [2.45, 2.75) is 58.4 Å². The Morgan fingerprint density at radius 3 is 2.81 bits per heavy atom. The van der Waals surface area contributed by atoms with Crippen molar-refractivity contribution in [3.63, 3.8) is 0 Å². The highest BCUT2D eigenvalue weighted by Gasteiger charge is 2.12. The second-order valence-electron chi connectivity index (χ2n) is 4.57. The molecule has 0 atom stereocenters. The van der Waals surface area contributed by atoms with Crippen molar-refractivity contribution in [3.05, 3.63) is 15.6 Å². The summed E-state index contributed by atoms with van der Waals surface area (Å²) in [5, 5.41) is 4.73. The molecule has 0 fully saturated rings. The minimum Gasteiger partial charge on any atom is -0.310 e. The molecule has 1 aromatic heterocycles. The number of fused-ring (bicyclic) bond motifs is 1. The van der Waals surface area contributed by atoms with Crippen molar-refractivity contribution in [2.75, 3.05) is 6.54 Å². The molecule has 2 rings (SSSR count). The van der Waals surface area contributed by atoms with E-state index in [2.05, 4.69) is 12.2 Å². The number of thiazole rings is 1. The lowest BCUT2D eigenvalue weighted by Gasteiger charge is -2.06. The van der Waals surface area contributed by atoms with Gasteiger partial charge in [0.15, 0.2) is 0 Å². The van der Waals surface area contributed by atoms with Gasteiger partial charge in [-0.25, -0.2) is 4.98 Å². The van der Waals surface area contributed by atoms with Crippen LogP contribution < -0.4 is 5.32 Å². The van der Waals surface area contributed by atoms with Crippen LogP contribution in [0.5, 0.6) is 0 Å². The fourth-order valence-corrected chi connectivity index (χ4v) is 3.33. The normalized spacial score (nSPS) is 16.6. The lowest BCUT2D eigenvalue weighted by atomic mass is 10.0. The van der Waals surface area contributed by atoms with E-state index in [4.69, 9.17) is 4.98 Å². The van der Waals surface area contributed by atoms with Crippen LogP contribution in [-0.2, 0) is 19.4 Å². The first-order chi connectivity index (χ1) is 7.90. The summed E-state index contributed by atoms with van der Waals surface area (Å²) in [5.41, 5.74) is 1.40. The van der Waals surface area contributed by atoms with Gasteiger partial charge in [-0.05, 0) is 38.6 Å². The number of hydrogen-bond acceptors (Lipinski definition) is 3. The van der Waals surface area contributed by atoms with Crippen LogP contribution in [0.25, 0.3) is 0 Å². The average molecular weight is 238 g/mol.